The summed E-state index contributed by atoms with van der Waals surface area (Å²) < 4.78 is 6.57. The van der Waals surface area contributed by atoms with E-state index in [0.717, 1.165) is 27.1 Å². The lowest BCUT2D eigenvalue weighted by atomic mass is 10.1. The summed E-state index contributed by atoms with van der Waals surface area (Å²) in [6.07, 6.45) is 3.81. The van der Waals surface area contributed by atoms with E-state index >= 15 is 0 Å². The summed E-state index contributed by atoms with van der Waals surface area (Å²) in [5, 5.41) is 0.704. The van der Waals surface area contributed by atoms with E-state index in [2.05, 4.69) is 18.0 Å². The second kappa shape index (κ2) is 9.05. The van der Waals surface area contributed by atoms with Gasteiger partial charge in [-0.25, -0.2) is 4.98 Å². The van der Waals surface area contributed by atoms with E-state index in [-0.39, 0.29) is 5.91 Å². The highest BCUT2D eigenvalue weighted by Gasteiger charge is 2.21. The Bertz CT molecular complexity index is 1140. The van der Waals surface area contributed by atoms with Gasteiger partial charge in [0.05, 0.1) is 29.8 Å². The molecule has 2 aromatic heterocycles. The minimum absolute atomic E-state index is 0.00112. The molecule has 5 nitrogen and oxygen atoms in total. The summed E-state index contributed by atoms with van der Waals surface area (Å²) in [6.45, 7) is 5.06. The molecule has 4 rings (SSSR count). The fourth-order valence-electron chi connectivity index (χ4n) is 3.21. The molecule has 152 valence electrons. The van der Waals surface area contributed by atoms with E-state index in [1.54, 1.807) is 28.6 Å². The number of aromatic nitrogens is 2. The van der Waals surface area contributed by atoms with Gasteiger partial charge in [-0.15, -0.1) is 0 Å². The first kappa shape index (κ1) is 20.0. The molecule has 0 fully saturated rings. The molecule has 0 N–H and O–H groups in total. The lowest BCUT2D eigenvalue weighted by Gasteiger charge is -2.20. The van der Waals surface area contributed by atoms with Gasteiger partial charge in [0, 0.05) is 12.4 Å². The molecule has 0 aliphatic heterocycles. The number of hydrogen-bond donors (Lipinski definition) is 0. The third-order valence-electron chi connectivity index (χ3n) is 4.72. The molecular weight excluding hydrogens is 394 g/mol. The lowest BCUT2D eigenvalue weighted by molar-refractivity contribution is -0.118. The number of carbonyl (C=O) groups excluding carboxylic acids is 1. The minimum Gasteiger partial charge on any atom is -0.494 e. The van der Waals surface area contributed by atoms with Crippen LogP contribution in [-0.2, 0) is 17.8 Å². The number of benzene rings is 2. The van der Waals surface area contributed by atoms with Crippen LogP contribution in [0.1, 0.15) is 23.6 Å². The van der Waals surface area contributed by atoms with Gasteiger partial charge in [0.1, 0.15) is 5.75 Å². The van der Waals surface area contributed by atoms with Crippen molar-refractivity contribution < 1.29 is 9.53 Å². The summed E-state index contributed by atoms with van der Waals surface area (Å²) in [7, 11) is 0. The fourth-order valence-corrected chi connectivity index (χ4v) is 4.29. The van der Waals surface area contributed by atoms with Crippen molar-refractivity contribution in [3.05, 3.63) is 83.7 Å². The zero-order valence-corrected chi connectivity index (χ0v) is 17.9. The Kier molecular flexibility index (Phi) is 6.05. The average molecular weight is 418 g/mol. The van der Waals surface area contributed by atoms with Crippen LogP contribution in [-0.4, -0.2) is 22.5 Å². The number of carbonyl (C=O) groups is 1. The first-order valence-electron chi connectivity index (χ1n) is 9.90. The van der Waals surface area contributed by atoms with Crippen molar-refractivity contribution in [2.24, 2.45) is 0 Å². The van der Waals surface area contributed by atoms with Crippen molar-refractivity contribution >= 4 is 32.6 Å². The van der Waals surface area contributed by atoms with E-state index in [0.29, 0.717) is 24.7 Å². The van der Waals surface area contributed by atoms with Gasteiger partial charge < -0.3 is 4.74 Å². The number of hydrogen-bond acceptors (Lipinski definition) is 5. The zero-order valence-electron chi connectivity index (χ0n) is 17.0. The second-order valence-electron chi connectivity index (χ2n) is 7.06. The smallest absolute Gasteiger partial charge is 0.233 e. The number of ether oxygens (including phenoxy) is 1. The maximum absolute atomic E-state index is 13.3. The minimum atomic E-state index is -0.00112. The van der Waals surface area contributed by atoms with Crippen LogP contribution in [0.2, 0.25) is 0 Å². The first-order valence-corrected chi connectivity index (χ1v) is 10.7. The molecule has 4 aromatic rings. The monoisotopic (exact) mass is 417 g/mol. The Morgan fingerprint density at radius 2 is 1.93 bits per heavy atom. The Morgan fingerprint density at radius 3 is 2.67 bits per heavy atom. The van der Waals surface area contributed by atoms with Crippen LogP contribution < -0.4 is 9.64 Å². The Morgan fingerprint density at radius 1 is 1.10 bits per heavy atom. The molecule has 0 unspecified atom stereocenters. The molecule has 0 aliphatic rings. The van der Waals surface area contributed by atoms with Crippen LogP contribution in [0.3, 0.4) is 0 Å². The van der Waals surface area contributed by atoms with Crippen molar-refractivity contribution in [1.82, 2.24) is 9.97 Å². The van der Waals surface area contributed by atoms with E-state index < -0.39 is 0 Å². The molecule has 0 bridgehead atoms. The molecule has 0 radical (unpaired) electrons. The molecule has 6 heteroatoms. The van der Waals surface area contributed by atoms with Crippen molar-refractivity contribution in [1.29, 1.82) is 0 Å². The summed E-state index contributed by atoms with van der Waals surface area (Å²) in [6, 6.07) is 17.7. The molecule has 0 atom stereocenters. The zero-order chi connectivity index (χ0) is 20.9. The molecule has 0 saturated carbocycles. The normalized spacial score (nSPS) is 10.9. The topological polar surface area (TPSA) is 55.3 Å². The number of rotatable bonds is 7. The number of pyridine rings is 1. The highest BCUT2D eigenvalue weighted by molar-refractivity contribution is 7.22. The van der Waals surface area contributed by atoms with E-state index in [4.69, 9.17) is 9.72 Å². The number of nitrogens with zero attached hydrogens (tertiary/aromatic N) is 3. The number of anilines is 1. The molecule has 30 heavy (non-hydrogen) atoms. The van der Waals surface area contributed by atoms with Crippen LogP contribution in [0.5, 0.6) is 5.75 Å². The van der Waals surface area contributed by atoms with Gasteiger partial charge in [0.15, 0.2) is 5.13 Å². The lowest BCUT2D eigenvalue weighted by Crippen LogP contribution is -2.31. The van der Waals surface area contributed by atoms with Crippen LogP contribution in [0.4, 0.5) is 5.13 Å². The van der Waals surface area contributed by atoms with E-state index in [9.17, 15) is 4.79 Å². The highest BCUT2D eigenvalue weighted by Crippen LogP contribution is 2.31. The van der Waals surface area contributed by atoms with Crippen molar-refractivity contribution in [2.75, 3.05) is 11.5 Å². The molecule has 0 saturated heterocycles. The standard InChI is InChI=1S/C24H23N3O2S/c1-3-29-20-9-7-18(8-10-20)14-23(28)27(16-19-5-4-12-25-15-19)24-26-21-11-6-17(2)13-22(21)30-24/h4-13,15H,3,14,16H2,1-2H3. The predicted octanol–water partition coefficient (Wildman–Crippen LogP) is 5.17. The number of thiazole rings is 1. The molecule has 0 spiro atoms. The highest BCUT2D eigenvalue weighted by atomic mass is 32.1. The Hall–Kier alpha value is -3.25. The van der Waals surface area contributed by atoms with Crippen LogP contribution in [0.25, 0.3) is 10.2 Å². The van der Waals surface area contributed by atoms with Crippen LogP contribution >= 0.6 is 11.3 Å². The van der Waals surface area contributed by atoms with Gasteiger partial charge in [0.25, 0.3) is 0 Å². The second-order valence-corrected chi connectivity index (χ2v) is 8.07. The molecule has 0 aliphatic carbocycles. The molecule has 1 amide bonds. The summed E-state index contributed by atoms with van der Waals surface area (Å²) in [5.74, 6) is 0.807. The third-order valence-corrected chi connectivity index (χ3v) is 5.76. The Labute approximate surface area is 180 Å². The molecular formula is C24H23N3O2S. The quantitative estimate of drug-likeness (QED) is 0.416. The first-order chi connectivity index (χ1) is 14.6. The maximum Gasteiger partial charge on any atom is 0.233 e. The summed E-state index contributed by atoms with van der Waals surface area (Å²) in [4.78, 5) is 24.0. The molecule has 2 aromatic carbocycles. The largest absolute Gasteiger partial charge is 0.494 e. The third kappa shape index (κ3) is 4.66. The van der Waals surface area contributed by atoms with Crippen molar-refractivity contribution in [3.8, 4) is 5.75 Å². The number of aryl methyl sites for hydroxylation is 1. The fraction of sp³-hybridized carbons (Fsp3) is 0.208. The summed E-state index contributed by atoms with van der Waals surface area (Å²) in [5.41, 5.74) is 3.99. The van der Waals surface area contributed by atoms with Crippen LogP contribution in [0.15, 0.2) is 67.0 Å². The average Bonchev–Trinajstić information content (AvgIpc) is 3.17. The van der Waals surface area contributed by atoms with E-state index in [1.807, 2.05) is 55.5 Å². The SMILES string of the molecule is CCOc1ccc(CC(=O)N(Cc2cccnc2)c2nc3ccc(C)cc3s2)cc1. The van der Waals surface area contributed by atoms with Gasteiger partial charge in [-0.05, 0) is 60.9 Å². The maximum atomic E-state index is 13.3. The summed E-state index contributed by atoms with van der Waals surface area (Å²) >= 11 is 1.54. The van der Waals surface area contributed by atoms with Crippen molar-refractivity contribution in [2.45, 2.75) is 26.8 Å². The van der Waals surface area contributed by atoms with Crippen LogP contribution in [0, 0.1) is 6.92 Å². The Balaban J connectivity index is 1.62. The van der Waals surface area contributed by atoms with Gasteiger partial charge in [-0.2, -0.15) is 0 Å². The van der Waals surface area contributed by atoms with Gasteiger partial charge in [-0.1, -0.05) is 35.6 Å². The van der Waals surface area contributed by atoms with Gasteiger partial charge in [0.2, 0.25) is 5.91 Å². The van der Waals surface area contributed by atoms with E-state index in [1.165, 1.54) is 5.56 Å². The molecule has 2 heterocycles. The van der Waals surface area contributed by atoms with Crippen molar-refractivity contribution in [3.63, 3.8) is 0 Å². The van der Waals surface area contributed by atoms with Gasteiger partial charge >= 0.3 is 0 Å². The van der Waals surface area contributed by atoms with Gasteiger partial charge in [-0.3, -0.25) is 14.7 Å². The number of fused-ring (bicyclic) bond motifs is 1. The number of amides is 1. The predicted molar refractivity (Wildman–Crippen MR) is 121 cm³/mol.